The largest absolute Gasteiger partial charge is 0.479 e. The maximum Gasteiger partial charge on any atom is 0.357 e. The second kappa shape index (κ2) is 12.9. The Labute approximate surface area is 280 Å². The Kier molecular flexibility index (Phi) is 8.64. The van der Waals surface area contributed by atoms with Gasteiger partial charge in [0.05, 0.1) is 48.3 Å². The average Bonchev–Trinajstić information content (AvgIpc) is 3.44. The molecule has 2 N–H and O–H groups in total. The van der Waals surface area contributed by atoms with Crippen LogP contribution in [0.4, 0.5) is 20.3 Å². The van der Waals surface area contributed by atoms with Crippen molar-refractivity contribution in [2.24, 2.45) is 16.8 Å². The van der Waals surface area contributed by atoms with E-state index in [4.69, 9.17) is 36.9 Å². The molecule has 0 bridgehead atoms. The van der Waals surface area contributed by atoms with E-state index in [1.54, 1.807) is 36.0 Å². The van der Waals surface area contributed by atoms with E-state index in [1.165, 1.54) is 17.3 Å². The maximum absolute atomic E-state index is 13.5. The number of likely N-dealkylation sites (tertiary alicyclic amines) is 1. The summed E-state index contributed by atoms with van der Waals surface area (Å²) in [6.45, 7) is 6.96. The lowest BCUT2D eigenvalue weighted by atomic mass is 9.91. The molecule has 2 amide bonds. The van der Waals surface area contributed by atoms with Crippen molar-refractivity contribution >= 4 is 46.8 Å². The Balaban J connectivity index is 1.33. The summed E-state index contributed by atoms with van der Waals surface area (Å²) in [5.41, 5.74) is 9.21. The number of hydrazone groups is 1. The summed E-state index contributed by atoms with van der Waals surface area (Å²) in [7, 11) is 0. The molecule has 2 fully saturated rings. The number of ether oxygens (including phenoxy) is 2. The third-order valence-corrected chi connectivity index (χ3v) is 9.41. The summed E-state index contributed by atoms with van der Waals surface area (Å²) in [5, 5.41) is 5.11. The number of nitrogens with two attached hydrogens (primary N) is 1. The zero-order chi connectivity index (χ0) is 33.7. The SMILES string of the molecule is CC1Oc2cc(-c3c4c(nc(CCC(F)F)c3C(N)=O)/[N+](=C3\CCN(C5COC5)C[C@H]3C)N=C4)ccc2N(Cc2ncc(Cl)cn2)C1=O. The normalized spacial score (nSPS) is 22.5. The number of amides is 2. The zero-order valence-corrected chi connectivity index (χ0v) is 27.2. The van der Waals surface area contributed by atoms with Crippen molar-refractivity contribution in [2.75, 3.05) is 31.2 Å². The van der Waals surface area contributed by atoms with Crippen LogP contribution in [0.5, 0.6) is 5.75 Å². The number of hydrogen-bond acceptors (Lipinski definition) is 9. The number of alkyl halides is 2. The van der Waals surface area contributed by atoms with Crippen molar-refractivity contribution < 1.29 is 32.5 Å². The van der Waals surface area contributed by atoms with E-state index in [1.807, 2.05) is 0 Å². The standard InChI is InChI=1S/C33H33ClF2N8O4/c1-17-13-42(21-15-47-16-21)8-7-24(17)44-32-22(12-40-44)29(30(31(37)45)23(41-32)4-6-27(35)36)19-3-5-25-26(9-19)48-18(2)33(46)43(25)14-28-38-10-20(34)11-39-28/h3,5,9-12,17-18,21,27H,4,6-8,13-16H2,1-2H3,(H-,37,45)/p+1/b44-24-/t17-,18?/m1/s1. The molecule has 1 aromatic carbocycles. The van der Waals surface area contributed by atoms with Gasteiger partial charge in [0, 0.05) is 56.2 Å². The Morgan fingerprint density at radius 1 is 1.21 bits per heavy atom. The summed E-state index contributed by atoms with van der Waals surface area (Å²) in [5.74, 6) is 0.293. The van der Waals surface area contributed by atoms with Crippen LogP contribution >= 0.6 is 11.6 Å². The minimum Gasteiger partial charge on any atom is -0.479 e. The number of pyridine rings is 1. The molecule has 3 aromatic rings. The van der Waals surface area contributed by atoms with Crippen LogP contribution in [0.25, 0.3) is 11.1 Å². The summed E-state index contributed by atoms with van der Waals surface area (Å²) in [6.07, 6.45) is 1.22. The van der Waals surface area contributed by atoms with Gasteiger partial charge in [0.25, 0.3) is 11.8 Å². The zero-order valence-electron chi connectivity index (χ0n) is 26.4. The number of hydrogen-bond donors (Lipinski definition) is 1. The molecule has 2 atom stereocenters. The van der Waals surface area contributed by atoms with Gasteiger partial charge in [-0.1, -0.05) is 29.7 Å². The van der Waals surface area contributed by atoms with Gasteiger partial charge in [-0.3, -0.25) is 19.4 Å². The number of fused-ring (bicyclic) bond motifs is 2. The summed E-state index contributed by atoms with van der Waals surface area (Å²) in [6, 6.07) is 5.58. The van der Waals surface area contributed by atoms with Crippen LogP contribution in [0.1, 0.15) is 54.1 Å². The number of anilines is 1. The second-order valence-electron chi connectivity index (χ2n) is 12.4. The number of rotatable bonds is 8. The highest BCUT2D eigenvalue weighted by atomic mass is 35.5. The number of aromatic nitrogens is 3. The van der Waals surface area contributed by atoms with Crippen molar-refractivity contribution in [3.8, 4) is 16.9 Å². The van der Waals surface area contributed by atoms with Crippen LogP contribution in [-0.4, -0.2) is 93.2 Å². The molecule has 0 spiro atoms. The Morgan fingerprint density at radius 3 is 2.65 bits per heavy atom. The average molecular weight is 680 g/mol. The summed E-state index contributed by atoms with van der Waals surface area (Å²) in [4.78, 5) is 43.5. The number of primary amides is 1. The van der Waals surface area contributed by atoms with Gasteiger partial charge >= 0.3 is 5.82 Å². The van der Waals surface area contributed by atoms with Gasteiger partial charge in [0.2, 0.25) is 6.43 Å². The smallest absolute Gasteiger partial charge is 0.357 e. The first-order valence-corrected chi connectivity index (χ1v) is 16.2. The Hall–Kier alpha value is -4.40. The molecular formula is C33H34ClF2N8O4+. The minimum absolute atomic E-state index is 0.0480. The van der Waals surface area contributed by atoms with Crippen molar-refractivity contribution in [2.45, 2.75) is 58.2 Å². The molecule has 12 nitrogen and oxygen atoms in total. The number of carbonyl (C=O) groups excluding carboxylic acids is 2. The lowest BCUT2D eigenvalue weighted by molar-refractivity contribution is -0.449. The molecule has 15 heteroatoms. The van der Waals surface area contributed by atoms with E-state index in [-0.39, 0.29) is 36.0 Å². The molecule has 4 aliphatic heterocycles. The molecule has 250 valence electrons. The molecule has 4 aliphatic rings. The lowest BCUT2D eigenvalue weighted by Gasteiger charge is -2.41. The fourth-order valence-electron chi connectivity index (χ4n) is 6.72. The summed E-state index contributed by atoms with van der Waals surface area (Å²) < 4.78 is 40.3. The molecule has 0 aliphatic carbocycles. The van der Waals surface area contributed by atoms with Crippen LogP contribution in [0, 0.1) is 5.92 Å². The third kappa shape index (κ3) is 5.92. The van der Waals surface area contributed by atoms with E-state index in [2.05, 4.69) is 21.8 Å². The second-order valence-corrected chi connectivity index (χ2v) is 12.8. The van der Waals surface area contributed by atoms with Crippen LogP contribution in [0.15, 0.2) is 35.7 Å². The van der Waals surface area contributed by atoms with Crippen LogP contribution < -0.4 is 15.4 Å². The predicted molar refractivity (Wildman–Crippen MR) is 173 cm³/mol. The molecule has 7 rings (SSSR count). The van der Waals surface area contributed by atoms with Gasteiger partial charge in [-0.15, -0.1) is 4.68 Å². The monoisotopic (exact) mass is 679 g/mol. The lowest BCUT2D eigenvalue weighted by Crippen LogP contribution is -2.54. The Bertz CT molecular complexity index is 1850. The van der Waals surface area contributed by atoms with Gasteiger partial charge in [0.1, 0.15) is 22.8 Å². The first kappa shape index (κ1) is 32.2. The maximum atomic E-state index is 13.5. The van der Waals surface area contributed by atoms with Gasteiger partial charge < -0.3 is 15.2 Å². The first-order chi connectivity index (χ1) is 23.1. The molecule has 48 heavy (non-hydrogen) atoms. The van der Waals surface area contributed by atoms with Crippen LogP contribution in [0.3, 0.4) is 0 Å². The molecule has 0 radical (unpaired) electrons. The molecule has 6 heterocycles. The number of benzene rings is 1. The minimum atomic E-state index is -2.60. The number of carbonyl (C=O) groups is 2. The van der Waals surface area contributed by atoms with Crippen LogP contribution in [0.2, 0.25) is 5.02 Å². The highest BCUT2D eigenvalue weighted by molar-refractivity contribution is 6.30. The number of nitrogens with zero attached hydrogens (tertiary/aromatic N) is 7. The Morgan fingerprint density at radius 2 is 1.98 bits per heavy atom. The molecule has 2 saturated heterocycles. The topological polar surface area (TPSA) is 139 Å². The molecular weight excluding hydrogens is 646 g/mol. The predicted octanol–water partition coefficient (Wildman–Crippen LogP) is 3.98. The highest BCUT2D eigenvalue weighted by Gasteiger charge is 2.40. The molecule has 0 saturated carbocycles. The van der Waals surface area contributed by atoms with E-state index < -0.39 is 24.9 Å². The number of halogens is 3. The van der Waals surface area contributed by atoms with Crippen molar-refractivity contribution in [3.05, 3.63) is 58.3 Å². The van der Waals surface area contributed by atoms with E-state index in [9.17, 15) is 18.4 Å². The molecule has 1 unspecified atom stereocenters. The van der Waals surface area contributed by atoms with Gasteiger partial charge in [0.15, 0.2) is 11.8 Å². The highest BCUT2D eigenvalue weighted by Crippen LogP contribution is 2.43. The van der Waals surface area contributed by atoms with E-state index >= 15 is 0 Å². The third-order valence-electron chi connectivity index (χ3n) is 9.21. The molecule has 2 aromatic heterocycles. The first-order valence-electron chi connectivity index (χ1n) is 15.8. The fraction of sp³-hybridized carbons (Fsp3) is 0.424. The van der Waals surface area contributed by atoms with E-state index in [0.29, 0.717) is 50.8 Å². The van der Waals surface area contributed by atoms with Crippen molar-refractivity contribution in [1.29, 1.82) is 0 Å². The fourth-order valence-corrected chi connectivity index (χ4v) is 6.81. The van der Waals surface area contributed by atoms with Gasteiger partial charge in [-0.05, 0) is 29.6 Å². The van der Waals surface area contributed by atoms with Crippen molar-refractivity contribution in [3.63, 3.8) is 0 Å². The quantitative estimate of drug-likeness (QED) is 0.353. The number of piperidine rings is 1. The van der Waals surface area contributed by atoms with Crippen LogP contribution in [-0.2, 0) is 22.5 Å². The van der Waals surface area contributed by atoms with E-state index in [0.717, 1.165) is 38.4 Å². The number of aryl methyl sites for hydroxylation is 1. The van der Waals surface area contributed by atoms with Gasteiger partial charge in [-0.25, -0.2) is 18.7 Å². The van der Waals surface area contributed by atoms with Crippen molar-refractivity contribution in [1.82, 2.24) is 19.9 Å². The van der Waals surface area contributed by atoms with Gasteiger partial charge in [-0.2, -0.15) is 0 Å². The summed E-state index contributed by atoms with van der Waals surface area (Å²) >= 11 is 5.95.